The number of hydrogen-bond donors (Lipinski definition) is 2. The summed E-state index contributed by atoms with van der Waals surface area (Å²) < 4.78 is 5.87. The van der Waals surface area contributed by atoms with Crippen LogP contribution < -0.4 is 15.4 Å². The first-order valence-corrected chi connectivity index (χ1v) is 10.6. The fraction of sp³-hybridized carbons (Fsp3) is 0.333. The average molecular weight is 440 g/mol. The first-order chi connectivity index (χ1) is 14.7. The Morgan fingerprint density at radius 1 is 0.903 bits per heavy atom. The quantitative estimate of drug-likeness (QED) is 0.484. The van der Waals surface area contributed by atoms with Gasteiger partial charge in [0.05, 0.1) is 0 Å². The topological polar surface area (TPSA) is 62.3 Å². The van der Waals surface area contributed by atoms with Gasteiger partial charge in [0.15, 0.2) is 0 Å². The summed E-state index contributed by atoms with van der Waals surface area (Å²) in [6.07, 6.45) is 4.44. The molecular weight excluding hydrogens is 410 g/mol. The number of ether oxygens (including phenoxy) is 1. The maximum Gasteiger partial charge on any atom is 0.229 e. The van der Waals surface area contributed by atoms with Crippen LogP contribution in [0.25, 0.3) is 0 Å². The molecule has 2 aromatic carbocycles. The minimum Gasteiger partial charge on any atom is -0.492 e. The Kier molecular flexibility index (Phi) is 8.09. The molecule has 4 rings (SSSR count). The highest BCUT2D eigenvalue weighted by molar-refractivity contribution is 5.85. The fourth-order valence-electron chi connectivity index (χ4n) is 3.46. The second kappa shape index (κ2) is 11.0. The maximum atomic E-state index is 5.87. The number of nitrogens with one attached hydrogen (secondary N) is 2. The molecule has 1 saturated heterocycles. The van der Waals surface area contributed by atoms with Crippen LogP contribution in [0.1, 0.15) is 24.0 Å². The van der Waals surface area contributed by atoms with Crippen LogP contribution in [0.3, 0.4) is 0 Å². The van der Waals surface area contributed by atoms with Crippen molar-refractivity contribution >= 4 is 35.5 Å². The van der Waals surface area contributed by atoms with Gasteiger partial charge in [-0.2, -0.15) is 4.98 Å². The van der Waals surface area contributed by atoms with Crippen LogP contribution >= 0.6 is 12.4 Å². The van der Waals surface area contributed by atoms with E-state index in [4.69, 9.17) is 4.74 Å². The van der Waals surface area contributed by atoms with Gasteiger partial charge >= 0.3 is 0 Å². The normalized spacial score (nSPS) is 13.5. The zero-order chi connectivity index (χ0) is 20.8. The molecule has 0 radical (unpaired) electrons. The van der Waals surface area contributed by atoms with Gasteiger partial charge in [0, 0.05) is 29.7 Å². The molecule has 0 aliphatic carbocycles. The number of nitrogens with zero attached hydrogens (tertiary/aromatic N) is 3. The van der Waals surface area contributed by atoms with Gasteiger partial charge in [0.1, 0.15) is 18.2 Å². The van der Waals surface area contributed by atoms with Gasteiger partial charge in [0.25, 0.3) is 0 Å². The van der Waals surface area contributed by atoms with Gasteiger partial charge in [-0.1, -0.05) is 17.7 Å². The van der Waals surface area contributed by atoms with Gasteiger partial charge in [-0.3, -0.25) is 4.90 Å². The zero-order valence-electron chi connectivity index (χ0n) is 18.1. The van der Waals surface area contributed by atoms with E-state index < -0.39 is 0 Å². The second-order valence-corrected chi connectivity index (χ2v) is 7.76. The van der Waals surface area contributed by atoms with Crippen LogP contribution in [-0.4, -0.2) is 41.1 Å². The lowest BCUT2D eigenvalue weighted by molar-refractivity contribution is 0.238. The van der Waals surface area contributed by atoms with Crippen molar-refractivity contribution in [1.82, 2.24) is 14.9 Å². The van der Waals surface area contributed by atoms with Gasteiger partial charge in [-0.25, -0.2) is 4.98 Å². The predicted molar refractivity (Wildman–Crippen MR) is 129 cm³/mol. The summed E-state index contributed by atoms with van der Waals surface area (Å²) in [6, 6.07) is 16.2. The van der Waals surface area contributed by atoms with Crippen LogP contribution in [0, 0.1) is 13.8 Å². The largest absolute Gasteiger partial charge is 0.492 e. The molecule has 164 valence electrons. The van der Waals surface area contributed by atoms with Gasteiger partial charge < -0.3 is 15.4 Å². The van der Waals surface area contributed by atoms with Crippen molar-refractivity contribution in [3.05, 3.63) is 65.9 Å². The Morgan fingerprint density at radius 3 is 2.26 bits per heavy atom. The molecule has 1 aromatic heterocycles. The lowest BCUT2D eigenvalue weighted by Gasteiger charge is -2.15. The molecule has 0 unspecified atom stereocenters. The van der Waals surface area contributed by atoms with Crippen molar-refractivity contribution in [2.24, 2.45) is 0 Å². The van der Waals surface area contributed by atoms with E-state index in [-0.39, 0.29) is 12.4 Å². The zero-order valence-corrected chi connectivity index (χ0v) is 18.9. The van der Waals surface area contributed by atoms with E-state index in [2.05, 4.69) is 44.6 Å². The summed E-state index contributed by atoms with van der Waals surface area (Å²) in [5, 5.41) is 6.63. The van der Waals surface area contributed by atoms with Crippen molar-refractivity contribution in [3.63, 3.8) is 0 Å². The molecule has 2 heterocycles. The summed E-state index contributed by atoms with van der Waals surface area (Å²) in [4.78, 5) is 11.5. The molecule has 0 atom stereocenters. The van der Waals surface area contributed by atoms with Crippen molar-refractivity contribution in [2.75, 3.05) is 36.9 Å². The second-order valence-electron chi connectivity index (χ2n) is 7.76. The van der Waals surface area contributed by atoms with E-state index in [1.165, 1.54) is 31.5 Å². The SMILES string of the molecule is Cc1ccc(Nc2nc(Nc3ccc(OCCN4CCCC4)cc3)ncc2C)cc1.Cl. The standard InChI is InChI=1S/C24H29N5O.ClH/c1-18-5-7-20(8-6-18)26-23-19(2)17-25-24(28-23)27-21-9-11-22(12-10-21)30-16-15-29-13-3-4-14-29;/h5-12,17H,3-4,13-16H2,1-2H3,(H2,25,26,27,28);1H. The highest BCUT2D eigenvalue weighted by atomic mass is 35.5. The summed E-state index contributed by atoms with van der Waals surface area (Å²) in [5.41, 5.74) is 4.14. The van der Waals surface area contributed by atoms with Crippen LogP contribution in [-0.2, 0) is 0 Å². The van der Waals surface area contributed by atoms with E-state index in [0.29, 0.717) is 5.95 Å². The fourth-order valence-corrected chi connectivity index (χ4v) is 3.46. The lowest BCUT2D eigenvalue weighted by Crippen LogP contribution is -2.25. The van der Waals surface area contributed by atoms with Gasteiger partial charge in [0.2, 0.25) is 5.95 Å². The number of halogens is 1. The van der Waals surface area contributed by atoms with Crippen molar-refractivity contribution in [2.45, 2.75) is 26.7 Å². The molecule has 0 saturated carbocycles. The Morgan fingerprint density at radius 2 is 1.55 bits per heavy atom. The van der Waals surface area contributed by atoms with E-state index in [1.807, 2.05) is 49.5 Å². The number of hydrogen-bond acceptors (Lipinski definition) is 6. The number of rotatable bonds is 8. The summed E-state index contributed by atoms with van der Waals surface area (Å²) in [5.74, 6) is 2.22. The van der Waals surface area contributed by atoms with Gasteiger partial charge in [-0.15, -0.1) is 12.4 Å². The highest BCUT2D eigenvalue weighted by Gasteiger charge is 2.11. The van der Waals surface area contributed by atoms with Crippen molar-refractivity contribution in [1.29, 1.82) is 0 Å². The van der Waals surface area contributed by atoms with Crippen LogP contribution in [0.5, 0.6) is 5.75 Å². The highest BCUT2D eigenvalue weighted by Crippen LogP contribution is 2.22. The Bertz CT molecular complexity index is 957. The molecule has 2 N–H and O–H groups in total. The Labute approximate surface area is 190 Å². The molecule has 0 amide bonds. The Balaban J connectivity index is 0.00000272. The lowest BCUT2D eigenvalue weighted by atomic mass is 10.2. The minimum absolute atomic E-state index is 0. The van der Waals surface area contributed by atoms with Crippen LogP contribution in [0.2, 0.25) is 0 Å². The number of aromatic nitrogens is 2. The van der Waals surface area contributed by atoms with Crippen LogP contribution in [0.15, 0.2) is 54.7 Å². The first kappa shape index (κ1) is 22.8. The van der Waals surface area contributed by atoms with Gasteiger partial charge in [-0.05, 0) is 76.2 Å². The molecule has 7 heteroatoms. The number of benzene rings is 2. The Hall–Kier alpha value is -2.83. The molecule has 6 nitrogen and oxygen atoms in total. The van der Waals surface area contributed by atoms with Crippen molar-refractivity contribution < 1.29 is 4.74 Å². The third kappa shape index (κ3) is 6.57. The maximum absolute atomic E-state index is 5.87. The summed E-state index contributed by atoms with van der Waals surface area (Å²) >= 11 is 0. The number of aryl methyl sites for hydroxylation is 2. The smallest absolute Gasteiger partial charge is 0.229 e. The van der Waals surface area contributed by atoms with E-state index in [9.17, 15) is 0 Å². The third-order valence-corrected chi connectivity index (χ3v) is 5.27. The van der Waals surface area contributed by atoms with Crippen molar-refractivity contribution in [3.8, 4) is 5.75 Å². The minimum atomic E-state index is 0. The van der Waals surface area contributed by atoms with Crippen LogP contribution in [0.4, 0.5) is 23.1 Å². The average Bonchev–Trinajstić information content (AvgIpc) is 3.27. The number of likely N-dealkylation sites (tertiary alicyclic amines) is 1. The van der Waals surface area contributed by atoms with E-state index in [1.54, 1.807) is 0 Å². The third-order valence-electron chi connectivity index (χ3n) is 5.27. The predicted octanol–water partition coefficient (Wildman–Crippen LogP) is 5.48. The molecule has 3 aromatic rings. The van der Waals surface area contributed by atoms with E-state index >= 15 is 0 Å². The molecular formula is C24H30ClN5O. The van der Waals surface area contributed by atoms with E-state index in [0.717, 1.165) is 41.7 Å². The molecule has 0 spiro atoms. The number of anilines is 4. The monoisotopic (exact) mass is 439 g/mol. The molecule has 1 aliphatic heterocycles. The first-order valence-electron chi connectivity index (χ1n) is 10.6. The molecule has 31 heavy (non-hydrogen) atoms. The molecule has 1 aliphatic rings. The summed E-state index contributed by atoms with van der Waals surface area (Å²) in [6.45, 7) is 8.18. The summed E-state index contributed by atoms with van der Waals surface area (Å²) in [7, 11) is 0. The molecule has 0 bridgehead atoms. The molecule has 1 fully saturated rings.